The molecule has 0 spiro atoms. The van der Waals surface area contributed by atoms with E-state index < -0.39 is 5.41 Å². The minimum atomic E-state index is -0.456. The average Bonchev–Trinajstić information content (AvgIpc) is 2.44. The van der Waals surface area contributed by atoms with Crippen molar-refractivity contribution in [2.75, 3.05) is 30.3 Å². The standard InChI is InChI=1S/C17H27N3O2/c1-6-20(7-2)12-15(21)18-13-9-8-10-14(11-13)19-16(22)17(3,4)5/h8-11H,6-7,12H2,1-5H3,(H,18,21)(H,19,22). The van der Waals surface area contributed by atoms with E-state index in [-0.39, 0.29) is 11.8 Å². The average molecular weight is 305 g/mol. The van der Waals surface area contributed by atoms with Crippen LogP contribution in [0.2, 0.25) is 0 Å². The van der Waals surface area contributed by atoms with E-state index in [4.69, 9.17) is 0 Å². The van der Waals surface area contributed by atoms with Gasteiger partial charge in [0.05, 0.1) is 6.54 Å². The molecule has 0 heterocycles. The van der Waals surface area contributed by atoms with Crippen molar-refractivity contribution in [3.8, 4) is 0 Å². The fourth-order valence-corrected chi connectivity index (χ4v) is 1.84. The van der Waals surface area contributed by atoms with Crippen LogP contribution in [-0.4, -0.2) is 36.3 Å². The summed E-state index contributed by atoms with van der Waals surface area (Å²) >= 11 is 0. The van der Waals surface area contributed by atoms with Crippen LogP contribution >= 0.6 is 0 Å². The second-order valence-electron chi connectivity index (χ2n) is 6.29. The van der Waals surface area contributed by atoms with Gasteiger partial charge >= 0.3 is 0 Å². The first-order chi connectivity index (χ1) is 10.3. The molecule has 0 unspecified atom stereocenters. The number of nitrogens with zero attached hydrogens (tertiary/aromatic N) is 1. The van der Waals surface area contributed by atoms with Gasteiger partial charge in [-0.15, -0.1) is 0 Å². The Morgan fingerprint density at radius 2 is 1.59 bits per heavy atom. The maximum absolute atomic E-state index is 12.0. The molecule has 0 bridgehead atoms. The van der Waals surface area contributed by atoms with Crippen LogP contribution in [0.4, 0.5) is 11.4 Å². The third-order valence-corrected chi connectivity index (χ3v) is 3.35. The van der Waals surface area contributed by atoms with E-state index in [1.165, 1.54) is 0 Å². The summed E-state index contributed by atoms with van der Waals surface area (Å²) in [5.41, 5.74) is 0.909. The number of benzene rings is 1. The van der Waals surface area contributed by atoms with E-state index in [9.17, 15) is 9.59 Å². The first-order valence-corrected chi connectivity index (χ1v) is 7.70. The molecule has 0 atom stereocenters. The number of carbonyl (C=O) groups is 2. The lowest BCUT2D eigenvalue weighted by atomic mass is 9.95. The summed E-state index contributed by atoms with van der Waals surface area (Å²) in [5, 5.41) is 5.72. The molecule has 0 aliphatic carbocycles. The van der Waals surface area contributed by atoms with Gasteiger partial charge in [-0.1, -0.05) is 40.7 Å². The number of hydrogen-bond donors (Lipinski definition) is 2. The Balaban J connectivity index is 2.68. The lowest BCUT2D eigenvalue weighted by Crippen LogP contribution is -2.33. The highest BCUT2D eigenvalue weighted by atomic mass is 16.2. The van der Waals surface area contributed by atoms with Gasteiger partial charge in [-0.3, -0.25) is 14.5 Å². The summed E-state index contributed by atoms with van der Waals surface area (Å²) in [4.78, 5) is 26.0. The zero-order valence-electron chi connectivity index (χ0n) is 14.2. The van der Waals surface area contributed by atoms with Crippen LogP contribution in [0.5, 0.6) is 0 Å². The summed E-state index contributed by atoms with van der Waals surface area (Å²) in [7, 11) is 0. The molecule has 0 aliphatic rings. The van der Waals surface area contributed by atoms with Gasteiger partial charge in [0.15, 0.2) is 0 Å². The zero-order valence-corrected chi connectivity index (χ0v) is 14.2. The van der Waals surface area contributed by atoms with Crippen molar-refractivity contribution < 1.29 is 9.59 Å². The molecule has 2 amide bonds. The molecular weight excluding hydrogens is 278 g/mol. The summed E-state index contributed by atoms with van der Waals surface area (Å²) < 4.78 is 0. The quantitative estimate of drug-likeness (QED) is 0.849. The van der Waals surface area contributed by atoms with E-state index in [2.05, 4.69) is 10.6 Å². The molecule has 2 N–H and O–H groups in total. The Labute approximate surface area is 133 Å². The summed E-state index contributed by atoms with van der Waals surface area (Å²) in [6.07, 6.45) is 0. The Kier molecular flexibility index (Phi) is 6.56. The topological polar surface area (TPSA) is 61.4 Å². The van der Waals surface area contributed by atoms with Gasteiger partial charge in [0.1, 0.15) is 0 Å². The van der Waals surface area contributed by atoms with Gasteiger partial charge in [-0.2, -0.15) is 0 Å². The van der Waals surface area contributed by atoms with Crippen LogP contribution < -0.4 is 10.6 Å². The van der Waals surface area contributed by atoms with Crippen LogP contribution in [-0.2, 0) is 9.59 Å². The Hall–Kier alpha value is -1.88. The number of anilines is 2. The third kappa shape index (κ3) is 5.85. The number of hydrogen-bond acceptors (Lipinski definition) is 3. The Morgan fingerprint density at radius 3 is 2.09 bits per heavy atom. The van der Waals surface area contributed by atoms with Crippen LogP contribution in [0.1, 0.15) is 34.6 Å². The predicted molar refractivity (Wildman–Crippen MR) is 90.9 cm³/mol. The molecule has 5 nitrogen and oxygen atoms in total. The lowest BCUT2D eigenvalue weighted by Gasteiger charge is -2.19. The molecule has 1 rings (SSSR count). The first-order valence-electron chi connectivity index (χ1n) is 7.70. The molecule has 122 valence electrons. The zero-order chi connectivity index (χ0) is 16.8. The summed E-state index contributed by atoms with van der Waals surface area (Å²) in [5.74, 6) is -0.109. The molecule has 0 radical (unpaired) electrons. The van der Waals surface area contributed by atoms with Crippen molar-refractivity contribution >= 4 is 23.2 Å². The van der Waals surface area contributed by atoms with Gasteiger partial charge in [-0.25, -0.2) is 0 Å². The number of rotatable bonds is 6. The van der Waals surface area contributed by atoms with E-state index in [0.717, 1.165) is 13.1 Å². The number of likely N-dealkylation sites (N-methyl/N-ethyl adjacent to an activating group) is 1. The van der Waals surface area contributed by atoms with Crippen molar-refractivity contribution in [1.82, 2.24) is 4.90 Å². The van der Waals surface area contributed by atoms with Gasteiger partial charge in [0.25, 0.3) is 0 Å². The van der Waals surface area contributed by atoms with Crippen molar-refractivity contribution in [2.24, 2.45) is 5.41 Å². The van der Waals surface area contributed by atoms with Crippen LogP contribution in [0.3, 0.4) is 0 Å². The van der Waals surface area contributed by atoms with Gasteiger partial charge in [-0.05, 0) is 31.3 Å². The van der Waals surface area contributed by atoms with Crippen LogP contribution in [0.25, 0.3) is 0 Å². The fraction of sp³-hybridized carbons (Fsp3) is 0.529. The number of carbonyl (C=O) groups excluding carboxylic acids is 2. The molecule has 5 heteroatoms. The lowest BCUT2D eigenvalue weighted by molar-refractivity contribution is -0.123. The van der Waals surface area contributed by atoms with Gasteiger partial charge < -0.3 is 10.6 Å². The van der Waals surface area contributed by atoms with E-state index in [0.29, 0.717) is 17.9 Å². The third-order valence-electron chi connectivity index (χ3n) is 3.35. The van der Waals surface area contributed by atoms with E-state index in [1.807, 2.05) is 57.7 Å². The maximum Gasteiger partial charge on any atom is 0.238 e. The monoisotopic (exact) mass is 305 g/mol. The second-order valence-corrected chi connectivity index (χ2v) is 6.29. The van der Waals surface area contributed by atoms with Crippen molar-refractivity contribution in [3.63, 3.8) is 0 Å². The molecule has 0 saturated carbocycles. The van der Waals surface area contributed by atoms with Crippen molar-refractivity contribution in [1.29, 1.82) is 0 Å². The largest absolute Gasteiger partial charge is 0.326 e. The highest BCUT2D eigenvalue weighted by molar-refractivity contribution is 5.96. The summed E-state index contributed by atoms with van der Waals surface area (Å²) in [6.45, 7) is 11.7. The highest BCUT2D eigenvalue weighted by Crippen LogP contribution is 2.20. The van der Waals surface area contributed by atoms with Crippen molar-refractivity contribution in [2.45, 2.75) is 34.6 Å². The smallest absolute Gasteiger partial charge is 0.238 e. The van der Waals surface area contributed by atoms with E-state index in [1.54, 1.807) is 6.07 Å². The minimum absolute atomic E-state index is 0.0528. The normalized spacial score (nSPS) is 11.4. The molecule has 1 aromatic carbocycles. The van der Waals surface area contributed by atoms with Gasteiger partial charge in [0.2, 0.25) is 11.8 Å². The minimum Gasteiger partial charge on any atom is -0.326 e. The molecule has 0 saturated heterocycles. The predicted octanol–water partition coefficient (Wildman–Crippen LogP) is 2.95. The molecular formula is C17H27N3O2. The highest BCUT2D eigenvalue weighted by Gasteiger charge is 2.21. The molecule has 1 aromatic rings. The second kappa shape index (κ2) is 7.94. The Bertz CT molecular complexity index is 517. The SMILES string of the molecule is CCN(CC)CC(=O)Nc1cccc(NC(=O)C(C)(C)C)c1. The van der Waals surface area contributed by atoms with Gasteiger partial charge in [0, 0.05) is 16.8 Å². The maximum atomic E-state index is 12.0. The molecule has 22 heavy (non-hydrogen) atoms. The molecule has 0 fully saturated rings. The first kappa shape index (κ1) is 18.2. The molecule has 0 aliphatic heterocycles. The Morgan fingerprint density at radius 1 is 1.05 bits per heavy atom. The number of nitrogens with one attached hydrogen (secondary N) is 2. The summed E-state index contributed by atoms with van der Waals surface area (Å²) in [6, 6.07) is 7.20. The fourth-order valence-electron chi connectivity index (χ4n) is 1.84. The van der Waals surface area contributed by atoms with Crippen LogP contribution in [0.15, 0.2) is 24.3 Å². The molecule has 0 aromatic heterocycles. The number of amides is 2. The van der Waals surface area contributed by atoms with Crippen LogP contribution in [0, 0.1) is 5.41 Å². The van der Waals surface area contributed by atoms with E-state index >= 15 is 0 Å². The van der Waals surface area contributed by atoms with Crippen molar-refractivity contribution in [3.05, 3.63) is 24.3 Å².